The quantitative estimate of drug-likeness (QED) is 0.469. The maximum Gasteiger partial charge on any atom is 0.225 e. The minimum Gasteiger partial charge on any atom is -0.353 e. The molecule has 0 radical (unpaired) electrons. The molecule has 12 heavy (non-hydrogen) atoms. The second kappa shape index (κ2) is 3.78. The number of carbonyl (C=O) groups is 2. The van der Waals surface area contributed by atoms with Crippen LogP contribution in [-0.2, 0) is 14.3 Å². The molecule has 1 N–H and O–H groups in total. The Hall–Kier alpha value is -0.740. The van der Waals surface area contributed by atoms with Crippen molar-refractivity contribution in [2.75, 3.05) is 6.73 Å². The molecule has 4 heteroatoms. The molecule has 1 saturated heterocycles. The fourth-order valence-electron chi connectivity index (χ4n) is 1.36. The van der Waals surface area contributed by atoms with Crippen LogP contribution in [0, 0.1) is 5.92 Å². The van der Waals surface area contributed by atoms with Crippen molar-refractivity contribution < 1.29 is 14.3 Å². The van der Waals surface area contributed by atoms with Gasteiger partial charge in [0.1, 0.15) is 6.10 Å². The third kappa shape index (κ3) is 1.70. The van der Waals surface area contributed by atoms with E-state index in [-0.39, 0.29) is 6.04 Å². The Balaban J connectivity index is 2.63. The molecule has 0 aliphatic carbocycles. The van der Waals surface area contributed by atoms with E-state index in [1.165, 1.54) is 0 Å². The largest absolute Gasteiger partial charge is 0.353 e. The number of ether oxygens (including phenoxy) is 1. The molecule has 1 heterocycles. The van der Waals surface area contributed by atoms with Crippen molar-refractivity contribution in [2.24, 2.45) is 5.92 Å². The Kier molecular flexibility index (Phi) is 2.94. The standard InChI is InChI=1S/C8H13NO3/c1-5(2)7-8(6(11)3-10)12-4-9-7/h3,5,7-9H,4H2,1-2H3. The van der Waals surface area contributed by atoms with Gasteiger partial charge in [-0.25, -0.2) is 0 Å². The smallest absolute Gasteiger partial charge is 0.225 e. The molecular formula is C8H13NO3. The first-order valence-electron chi connectivity index (χ1n) is 4.01. The van der Waals surface area contributed by atoms with Gasteiger partial charge in [-0.2, -0.15) is 0 Å². The van der Waals surface area contributed by atoms with Gasteiger partial charge in [-0.05, 0) is 5.92 Å². The summed E-state index contributed by atoms with van der Waals surface area (Å²) in [5.41, 5.74) is 0. The summed E-state index contributed by atoms with van der Waals surface area (Å²) in [4.78, 5) is 21.2. The highest BCUT2D eigenvalue weighted by Gasteiger charge is 2.35. The first-order chi connectivity index (χ1) is 5.66. The molecule has 1 aliphatic rings. The maximum atomic E-state index is 11.0. The molecule has 0 aromatic heterocycles. The van der Waals surface area contributed by atoms with Crippen LogP contribution in [0.25, 0.3) is 0 Å². The fraction of sp³-hybridized carbons (Fsp3) is 0.750. The Morgan fingerprint density at radius 3 is 2.83 bits per heavy atom. The number of nitrogens with one attached hydrogen (secondary N) is 1. The maximum absolute atomic E-state index is 11.0. The predicted octanol–water partition coefficient (Wildman–Crippen LogP) is -0.275. The average molecular weight is 171 g/mol. The Labute approximate surface area is 71.3 Å². The van der Waals surface area contributed by atoms with Crippen LogP contribution >= 0.6 is 0 Å². The third-order valence-corrected chi connectivity index (χ3v) is 2.02. The van der Waals surface area contributed by atoms with Crippen molar-refractivity contribution in [2.45, 2.75) is 26.0 Å². The molecule has 1 rings (SSSR count). The van der Waals surface area contributed by atoms with E-state index in [0.717, 1.165) is 0 Å². The lowest BCUT2D eigenvalue weighted by Crippen LogP contribution is -2.40. The van der Waals surface area contributed by atoms with E-state index in [1.807, 2.05) is 13.8 Å². The summed E-state index contributed by atoms with van der Waals surface area (Å²) in [6.07, 6.45) is -0.255. The molecule has 4 nitrogen and oxygen atoms in total. The van der Waals surface area contributed by atoms with E-state index in [0.29, 0.717) is 18.9 Å². The molecule has 2 atom stereocenters. The van der Waals surface area contributed by atoms with E-state index < -0.39 is 11.9 Å². The molecule has 1 fully saturated rings. The summed E-state index contributed by atoms with van der Waals surface area (Å²) in [5, 5.41) is 3.02. The van der Waals surface area contributed by atoms with Crippen LogP contribution in [0.2, 0.25) is 0 Å². The third-order valence-electron chi connectivity index (χ3n) is 2.02. The number of ketones is 1. The highest BCUT2D eigenvalue weighted by Crippen LogP contribution is 2.14. The van der Waals surface area contributed by atoms with Crippen LogP contribution in [0.3, 0.4) is 0 Å². The van der Waals surface area contributed by atoms with E-state index in [9.17, 15) is 9.59 Å². The summed E-state index contributed by atoms with van der Waals surface area (Å²) in [6.45, 7) is 4.32. The molecule has 0 aromatic rings. The molecule has 0 spiro atoms. The second-order valence-electron chi connectivity index (χ2n) is 3.23. The van der Waals surface area contributed by atoms with Gasteiger partial charge in [0.15, 0.2) is 6.29 Å². The Bertz CT molecular complexity index is 191. The van der Waals surface area contributed by atoms with Gasteiger partial charge in [-0.15, -0.1) is 0 Å². The zero-order chi connectivity index (χ0) is 9.14. The van der Waals surface area contributed by atoms with Crippen LogP contribution in [0.1, 0.15) is 13.8 Å². The van der Waals surface area contributed by atoms with Gasteiger partial charge in [-0.1, -0.05) is 13.8 Å². The van der Waals surface area contributed by atoms with Crippen LogP contribution in [0.4, 0.5) is 0 Å². The second-order valence-corrected chi connectivity index (χ2v) is 3.23. The average Bonchev–Trinajstić information content (AvgIpc) is 2.50. The molecule has 1 aliphatic heterocycles. The number of hydrogen-bond acceptors (Lipinski definition) is 4. The minimum atomic E-state index is -0.581. The van der Waals surface area contributed by atoms with Crippen LogP contribution < -0.4 is 5.32 Å². The van der Waals surface area contributed by atoms with E-state index in [4.69, 9.17) is 4.74 Å². The number of aldehydes is 1. The van der Waals surface area contributed by atoms with Crippen LogP contribution in [0.5, 0.6) is 0 Å². The van der Waals surface area contributed by atoms with Crippen molar-refractivity contribution >= 4 is 12.1 Å². The molecular weight excluding hydrogens is 158 g/mol. The van der Waals surface area contributed by atoms with Crippen molar-refractivity contribution in [1.82, 2.24) is 5.32 Å². The highest BCUT2D eigenvalue weighted by molar-refractivity contribution is 6.27. The Morgan fingerprint density at radius 2 is 2.33 bits per heavy atom. The SMILES string of the molecule is CC(C)C1NCOC1C(=O)C=O. The fourth-order valence-corrected chi connectivity index (χ4v) is 1.36. The van der Waals surface area contributed by atoms with E-state index in [1.54, 1.807) is 0 Å². The molecule has 68 valence electrons. The van der Waals surface area contributed by atoms with Crippen molar-refractivity contribution in [3.05, 3.63) is 0 Å². The van der Waals surface area contributed by atoms with Crippen LogP contribution in [-0.4, -0.2) is 30.9 Å². The number of hydrogen-bond donors (Lipinski definition) is 1. The zero-order valence-corrected chi connectivity index (χ0v) is 7.24. The van der Waals surface area contributed by atoms with Crippen LogP contribution in [0.15, 0.2) is 0 Å². The molecule has 0 amide bonds. The van der Waals surface area contributed by atoms with Gasteiger partial charge in [0, 0.05) is 6.04 Å². The number of rotatable bonds is 3. The molecule has 2 unspecified atom stereocenters. The van der Waals surface area contributed by atoms with Gasteiger partial charge in [0.25, 0.3) is 0 Å². The molecule has 0 bridgehead atoms. The van der Waals surface area contributed by atoms with Gasteiger partial charge in [-0.3, -0.25) is 14.9 Å². The molecule has 0 aromatic carbocycles. The summed E-state index contributed by atoms with van der Waals surface area (Å²) in [7, 11) is 0. The number of Topliss-reactive ketones (excluding diaryl/α,β-unsaturated/α-hetero) is 1. The highest BCUT2D eigenvalue weighted by atomic mass is 16.5. The number of carbonyl (C=O) groups excluding carboxylic acids is 2. The first kappa shape index (κ1) is 9.35. The summed E-state index contributed by atoms with van der Waals surface area (Å²) < 4.78 is 5.09. The Morgan fingerprint density at radius 1 is 1.67 bits per heavy atom. The summed E-state index contributed by atoms with van der Waals surface area (Å²) in [6, 6.07) is -0.0253. The van der Waals surface area contributed by atoms with Gasteiger partial charge >= 0.3 is 0 Å². The van der Waals surface area contributed by atoms with Gasteiger partial charge in [0.2, 0.25) is 5.78 Å². The first-order valence-corrected chi connectivity index (χ1v) is 4.01. The summed E-state index contributed by atoms with van der Waals surface area (Å²) >= 11 is 0. The predicted molar refractivity (Wildman–Crippen MR) is 42.6 cm³/mol. The zero-order valence-electron chi connectivity index (χ0n) is 7.24. The van der Waals surface area contributed by atoms with Gasteiger partial charge in [0.05, 0.1) is 6.73 Å². The summed E-state index contributed by atoms with van der Waals surface area (Å²) in [5.74, 6) is -0.180. The van der Waals surface area contributed by atoms with E-state index in [2.05, 4.69) is 5.32 Å². The monoisotopic (exact) mass is 171 g/mol. The topological polar surface area (TPSA) is 55.4 Å². The van der Waals surface area contributed by atoms with Crippen molar-refractivity contribution in [1.29, 1.82) is 0 Å². The van der Waals surface area contributed by atoms with E-state index >= 15 is 0 Å². The van der Waals surface area contributed by atoms with Crippen molar-refractivity contribution in [3.8, 4) is 0 Å². The lowest BCUT2D eigenvalue weighted by Gasteiger charge is -2.18. The lowest BCUT2D eigenvalue weighted by atomic mass is 9.97. The molecule has 0 saturated carbocycles. The van der Waals surface area contributed by atoms with Crippen molar-refractivity contribution in [3.63, 3.8) is 0 Å². The van der Waals surface area contributed by atoms with Gasteiger partial charge < -0.3 is 4.74 Å². The minimum absolute atomic E-state index is 0.0253. The normalized spacial score (nSPS) is 29.2. The lowest BCUT2D eigenvalue weighted by molar-refractivity contribution is -0.136.